The summed E-state index contributed by atoms with van der Waals surface area (Å²) in [5.74, 6) is -0.389. The Bertz CT molecular complexity index is 324. The van der Waals surface area contributed by atoms with Gasteiger partial charge in [0.05, 0.1) is 12.6 Å². The van der Waals surface area contributed by atoms with Crippen LogP contribution in [-0.4, -0.2) is 43.0 Å². The molecule has 1 atom stereocenters. The van der Waals surface area contributed by atoms with E-state index in [2.05, 4.69) is 0 Å². The molecule has 104 valence electrons. The van der Waals surface area contributed by atoms with E-state index in [1.54, 1.807) is 27.0 Å². The van der Waals surface area contributed by atoms with E-state index in [0.29, 0.717) is 18.7 Å². The molecule has 0 rings (SSSR count). The minimum Gasteiger partial charge on any atom is -0.463 e. The van der Waals surface area contributed by atoms with Gasteiger partial charge in [-0.15, -0.1) is 0 Å². The minimum absolute atomic E-state index is 0.0927. The zero-order valence-corrected chi connectivity index (χ0v) is 11.9. The van der Waals surface area contributed by atoms with Crippen LogP contribution < -0.4 is 5.73 Å². The van der Waals surface area contributed by atoms with Crippen molar-refractivity contribution in [3.05, 3.63) is 11.6 Å². The number of likely N-dealkylation sites (N-methyl/N-ethyl adjacent to an activating group) is 1. The third-order valence-electron chi connectivity index (χ3n) is 2.65. The zero-order valence-electron chi connectivity index (χ0n) is 11.9. The number of hydrogen-bond acceptors (Lipinski definition) is 4. The summed E-state index contributed by atoms with van der Waals surface area (Å²) >= 11 is 0. The van der Waals surface area contributed by atoms with Crippen LogP contribution in [0.15, 0.2) is 11.6 Å². The molecule has 0 spiro atoms. The van der Waals surface area contributed by atoms with Gasteiger partial charge in [0, 0.05) is 19.2 Å². The second kappa shape index (κ2) is 7.87. The lowest BCUT2D eigenvalue weighted by Crippen LogP contribution is -2.44. The number of nitrogens with zero attached hydrogens (tertiary/aromatic N) is 1. The first-order chi connectivity index (χ1) is 8.31. The Hall–Kier alpha value is -1.36. The van der Waals surface area contributed by atoms with E-state index in [-0.39, 0.29) is 17.8 Å². The molecular weight excluding hydrogens is 232 g/mol. The molecule has 5 nitrogen and oxygen atoms in total. The van der Waals surface area contributed by atoms with Gasteiger partial charge in [0.25, 0.3) is 0 Å². The predicted octanol–water partition coefficient (Wildman–Crippen LogP) is 0.937. The van der Waals surface area contributed by atoms with Crippen LogP contribution >= 0.6 is 0 Å². The molecule has 0 bridgehead atoms. The second-order valence-corrected chi connectivity index (χ2v) is 4.60. The minimum atomic E-state index is -0.508. The van der Waals surface area contributed by atoms with E-state index < -0.39 is 6.04 Å². The predicted molar refractivity (Wildman–Crippen MR) is 70.8 cm³/mol. The molecule has 1 unspecified atom stereocenters. The molecule has 0 fully saturated rings. The Labute approximate surface area is 109 Å². The molecule has 0 radical (unpaired) electrons. The number of hydrogen-bond donors (Lipinski definition) is 1. The first-order valence-corrected chi connectivity index (χ1v) is 6.15. The number of ether oxygens (including phenoxy) is 1. The molecule has 0 aliphatic rings. The molecule has 2 N–H and O–H groups in total. The molecule has 0 saturated carbocycles. The Morgan fingerprint density at radius 2 is 1.94 bits per heavy atom. The summed E-state index contributed by atoms with van der Waals surface area (Å²) in [6.07, 6.45) is 1.67. The lowest BCUT2D eigenvalue weighted by atomic mass is 10.0. The van der Waals surface area contributed by atoms with Gasteiger partial charge in [-0.05, 0) is 19.8 Å². The monoisotopic (exact) mass is 256 g/mol. The van der Waals surface area contributed by atoms with Crippen molar-refractivity contribution in [1.29, 1.82) is 0 Å². The van der Waals surface area contributed by atoms with Crippen molar-refractivity contribution < 1.29 is 14.3 Å². The smallest absolute Gasteiger partial charge is 0.333 e. The van der Waals surface area contributed by atoms with E-state index in [1.165, 1.54) is 4.90 Å². The van der Waals surface area contributed by atoms with E-state index >= 15 is 0 Å². The van der Waals surface area contributed by atoms with Gasteiger partial charge in [0.15, 0.2) is 0 Å². The van der Waals surface area contributed by atoms with E-state index in [1.807, 2.05) is 13.8 Å². The lowest BCUT2D eigenvalue weighted by molar-refractivity contribution is -0.138. The molecule has 0 saturated heterocycles. The van der Waals surface area contributed by atoms with Crippen molar-refractivity contribution in [3.8, 4) is 0 Å². The van der Waals surface area contributed by atoms with Crippen LogP contribution in [0.3, 0.4) is 0 Å². The highest BCUT2D eigenvalue weighted by atomic mass is 16.5. The van der Waals surface area contributed by atoms with Gasteiger partial charge in [0.1, 0.15) is 0 Å². The van der Waals surface area contributed by atoms with Crippen LogP contribution in [0, 0.1) is 5.92 Å². The third-order valence-corrected chi connectivity index (χ3v) is 2.65. The lowest BCUT2D eigenvalue weighted by Gasteiger charge is -2.22. The molecule has 0 aliphatic heterocycles. The van der Waals surface area contributed by atoms with E-state index in [4.69, 9.17) is 10.5 Å². The highest BCUT2D eigenvalue weighted by Crippen LogP contribution is 2.03. The summed E-state index contributed by atoms with van der Waals surface area (Å²) in [6.45, 7) is 7.91. The topological polar surface area (TPSA) is 72.6 Å². The average molecular weight is 256 g/mol. The molecule has 1 amide bonds. The highest BCUT2D eigenvalue weighted by molar-refractivity contribution is 5.88. The van der Waals surface area contributed by atoms with Crippen LogP contribution in [0.1, 0.15) is 27.7 Å². The van der Waals surface area contributed by atoms with Gasteiger partial charge in [-0.1, -0.05) is 19.9 Å². The van der Waals surface area contributed by atoms with E-state index in [0.717, 1.165) is 0 Å². The summed E-state index contributed by atoms with van der Waals surface area (Å²) in [5.41, 5.74) is 6.27. The second-order valence-electron chi connectivity index (χ2n) is 4.60. The first kappa shape index (κ1) is 16.6. The van der Waals surface area contributed by atoms with Crippen LogP contribution in [0.4, 0.5) is 0 Å². The summed E-state index contributed by atoms with van der Waals surface area (Å²) < 4.78 is 4.85. The maximum Gasteiger partial charge on any atom is 0.333 e. The van der Waals surface area contributed by atoms with E-state index in [9.17, 15) is 9.59 Å². The summed E-state index contributed by atoms with van der Waals surface area (Å²) in [6, 6.07) is -0.508. The quantitative estimate of drug-likeness (QED) is 0.567. The molecule has 0 aliphatic carbocycles. The molecule has 0 aromatic heterocycles. The third kappa shape index (κ3) is 5.31. The van der Waals surface area contributed by atoms with Crippen molar-refractivity contribution >= 4 is 11.9 Å². The molecule has 18 heavy (non-hydrogen) atoms. The maximum atomic E-state index is 11.8. The Morgan fingerprint density at radius 1 is 1.39 bits per heavy atom. The zero-order chi connectivity index (χ0) is 14.3. The Kier molecular flexibility index (Phi) is 7.27. The van der Waals surface area contributed by atoms with Crippen molar-refractivity contribution in [2.24, 2.45) is 11.7 Å². The molecule has 0 heterocycles. The first-order valence-electron chi connectivity index (χ1n) is 6.15. The molecule has 0 aromatic rings. The fraction of sp³-hybridized carbons (Fsp3) is 0.692. The van der Waals surface area contributed by atoms with Gasteiger partial charge in [-0.3, -0.25) is 4.79 Å². The highest BCUT2D eigenvalue weighted by Gasteiger charge is 2.20. The Balaban J connectivity index is 4.40. The summed E-state index contributed by atoms with van der Waals surface area (Å²) in [5, 5.41) is 0. The van der Waals surface area contributed by atoms with Gasteiger partial charge in [-0.25, -0.2) is 4.79 Å². The van der Waals surface area contributed by atoms with Crippen molar-refractivity contribution in [2.45, 2.75) is 33.7 Å². The van der Waals surface area contributed by atoms with Crippen LogP contribution in [-0.2, 0) is 14.3 Å². The number of esters is 1. The largest absolute Gasteiger partial charge is 0.463 e. The number of carbonyl (C=O) groups is 2. The van der Waals surface area contributed by atoms with Crippen molar-refractivity contribution in [3.63, 3.8) is 0 Å². The standard InChI is InChI=1S/C13H24N2O3/c1-6-18-13(17)10(4)7-8-15(5)12(16)11(14)9(2)3/h7,9,11H,6,8,14H2,1-5H3/b10-7+. The molecule has 0 aromatic carbocycles. The average Bonchev–Trinajstić information content (AvgIpc) is 2.33. The van der Waals surface area contributed by atoms with Crippen molar-refractivity contribution in [1.82, 2.24) is 4.90 Å². The van der Waals surface area contributed by atoms with Crippen LogP contribution in [0.2, 0.25) is 0 Å². The Morgan fingerprint density at radius 3 is 2.39 bits per heavy atom. The molecule has 5 heteroatoms. The number of nitrogens with two attached hydrogens (primary N) is 1. The number of amides is 1. The SMILES string of the molecule is CCOC(=O)/C(C)=C/CN(C)C(=O)C(N)C(C)C. The van der Waals surface area contributed by atoms with Gasteiger partial charge >= 0.3 is 5.97 Å². The van der Waals surface area contributed by atoms with Crippen LogP contribution in [0.25, 0.3) is 0 Å². The number of rotatable bonds is 6. The summed E-state index contributed by atoms with van der Waals surface area (Å²) in [4.78, 5) is 24.7. The number of carbonyl (C=O) groups excluding carboxylic acids is 2. The summed E-state index contributed by atoms with van der Waals surface area (Å²) in [7, 11) is 1.67. The van der Waals surface area contributed by atoms with Gasteiger partial charge in [-0.2, -0.15) is 0 Å². The van der Waals surface area contributed by atoms with Crippen LogP contribution in [0.5, 0.6) is 0 Å². The van der Waals surface area contributed by atoms with Crippen molar-refractivity contribution in [2.75, 3.05) is 20.2 Å². The normalized spacial score (nSPS) is 13.4. The maximum absolute atomic E-state index is 11.8. The fourth-order valence-corrected chi connectivity index (χ4v) is 1.23. The van der Waals surface area contributed by atoms with Gasteiger partial charge in [0.2, 0.25) is 5.91 Å². The fourth-order valence-electron chi connectivity index (χ4n) is 1.23. The van der Waals surface area contributed by atoms with Gasteiger partial charge < -0.3 is 15.4 Å². The molecular formula is C13H24N2O3.